The van der Waals surface area contributed by atoms with Crippen molar-refractivity contribution in [2.75, 3.05) is 13.7 Å². The number of unbranched alkanes of at least 4 members (excludes halogenated alkanes) is 1. The van der Waals surface area contributed by atoms with Crippen LogP contribution >= 0.6 is 0 Å². The number of rotatable bonds is 8. The van der Waals surface area contributed by atoms with E-state index in [-0.39, 0.29) is 12.3 Å². The summed E-state index contributed by atoms with van der Waals surface area (Å²) in [5.41, 5.74) is 2.02. The number of hydrogen-bond acceptors (Lipinski definition) is 4. The Labute approximate surface area is 140 Å². The Morgan fingerprint density at radius 2 is 1.96 bits per heavy atom. The van der Waals surface area contributed by atoms with E-state index in [2.05, 4.69) is 10.4 Å². The van der Waals surface area contributed by atoms with Gasteiger partial charge in [-0.1, -0.05) is 0 Å². The summed E-state index contributed by atoms with van der Waals surface area (Å²) in [6.45, 7) is 2.31. The summed E-state index contributed by atoms with van der Waals surface area (Å²) in [7, 11) is 1.60. The van der Waals surface area contributed by atoms with E-state index in [1.165, 1.54) is 0 Å². The van der Waals surface area contributed by atoms with Gasteiger partial charge in [0.25, 0.3) is 5.91 Å². The van der Waals surface area contributed by atoms with Crippen molar-refractivity contribution < 1.29 is 19.4 Å². The van der Waals surface area contributed by atoms with Gasteiger partial charge in [-0.25, -0.2) is 4.68 Å². The van der Waals surface area contributed by atoms with Crippen LogP contribution in [0.2, 0.25) is 0 Å². The Hall–Kier alpha value is -2.83. The average molecular weight is 331 g/mol. The lowest BCUT2D eigenvalue weighted by molar-refractivity contribution is -0.137. The zero-order chi connectivity index (χ0) is 17.5. The molecule has 0 unspecified atom stereocenters. The molecule has 0 saturated heterocycles. The van der Waals surface area contributed by atoms with Crippen molar-refractivity contribution in [2.24, 2.45) is 0 Å². The van der Waals surface area contributed by atoms with Gasteiger partial charge in [-0.15, -0.1) is 0 Å². The molecule has 1 aromatic heterocycles. The molecule has 24 heavy (non-hydrogen) atoms. The summed E-state index contributed by atoms with van der Waals surface area (Å²) in [4.78, 5) is 22.5. The molecule has 2 aromatic rings. The SMILES string of the molecule is COc1ccc(-n2nc(C(=O)NCCCCC(=O)O)cc2C)cc1. The molecule has 0 aliphatic carbocycles. The smallest absolute Gasteiger partial charge is 0.303 e. The van der Waals surface area contributed by atoms with Crippen LogP contribution in [0.15, 0.2) is 30.3 Å². The van der Waals surface area contributed by atoms with Gasteiger partial charge in [0, 0.05) is 18.7 Å². The highest BCUT2D eigenvalue weighted by Crippen LogP contribution is 2.16. The van der Waals surface area contributed by atoms with Crippen molar-refractivity contribution in [1.29, 1.82) is 0 Å². The van der Waals surface area contributed by atoms with Crippen LogP contribution in [0.25, 0.3) is 5.69 Å². The van der Waals surface area contributed by atoms with Crippen LogP contribution in [0.4, 0.5) is 0 Å². The van der Waals surface area contributed by atoms with E-state index < -0.39 is 5.97 Å². The van der Waals surface area contributed by atoms with Gasteiger partial charge in [-0.3, -0.25) is 9.59 Å². The second-order valence-electron chi connectivity index (χ2n) is 5.39. The number of nitrogens with zero attached hydrogens (tertiary/aromatic N) is 2. The first kappa shape index (κ1) is 17.5. The summed E-state index contributed by atoms with van der Waals surface area (Å²) in [6.07, 6.45) is 1.27. The molecular weight excluding hydrogens is 310 g/mol. The van der Waals surface area contributed by atoms with Gasteiger partial charge in [0.1, 0.15) is 5.75 Å². The van der Waals surface area contributed by atoms with Crippen LogP contribution in [0.5, 0.6) is 5.75 Å². The number of methoxy groups -OCH3 is 1. The zero-order valence-corrected chi connectivity index (χ0v) is 13.8. The number of nitrogens with one attached hydrogen (secondary N) is 1. The normalized spacial score (nSPS) is 10.4. The molecule has 0 spiro atoms. The minimum atomic E-state index is -0.824. The van der Waals surface area contributed by atoms with Crippen molar-refractivity contribution in [2.45, 2.75) is 26.2 Å². The maximum atomic E-state index is 12.1. The molecule has 1 aromatic carbocycles. The predicted octanol–water partition coefficient (Wildman–Crippen LogP) is 2.17. The lowest BCUT2D eigenvalue weighted by Crippen LogP contribution is -2.25. The highest BCUT2D eigenvalue weighted by Gasteiger charge is 2.13. The first-order valence-electron chi connectivity index (χ1n) is 7.72. The van der Waals surface area contributed by atoms with E-state index in [4.69, 9.17) is 9.84 Å². The second kappa shape index (κ2) is 8.14. The Morgan fingerprint density at radius 1 is 1.25 bits per heavy atom. The lowest BCUT2D eigenvalue weighted by atomic mass is 10.2. The summed E-state index contributed by atoms with van der Waals surface area (Å²) < 4.78 is 6.82. The number of benzene rings is 1. The van der Waals surface area contributed by atoms with Crippen molar-refractivity contribution in [1.82, 2.24) is 15.1 Å². The summed E-state index contributed by atoms with van der Waals surface area (Å²) in [5.74, 6) is -0.334. The molecule has 0 radical (unpaired) electrons. The molecule has 0 saturated carbocycles. The Morgan fingerprint density at radius 3 is 2.58 bits per heavy atom. The van der Waals surface area contributed by atoms with Gasteiger partial charge < -0.3 is 15.2 Å². The third-order valence-electron chi connectivity index (χ3n) is 3.54. The molecule has 0 aliphatic rings. The molecule has 128 valence electrons. The molecule has 2 rings (SSSR count). The number of carbonyl (C=O) groups is 2. The van der Waals surface area contributed by atoms with Gasteiger partial charge in [-0.2, -0.15) is 5.10 Å². The molecule has 1 amide bonds. The first-order chi connectivity index (χ1) is 11.5. The van der Waals surface area contributed by atoms with Gasteiger partial charge in [0.2, 0.25) is 0 Å². The fraction of sp³-hybridized carbons (Fsp3) is 0.353. The maximum Gasteiger partial charge on any atom is 0.303 e. The van der Waals surface area contributed by atoms with Gasteiger partial charge in [-0.05, 0) is 50.1 Å². The number of carboxylic acids is 1. The van der Waals surface area contributed by atoms with E-state index >= 15 is 0 Å². The van der Waals surface area contributed by atoms with E-state index in [9.17, 15) is 9.59 Å². The van der Waals surface area contributed by atoms with Crippen LogP contribution in [0.1, 0.15) is 35.4 Å². The molecule has 2 N–H and O–H groups in total. The van der Waals surface area contributed by atoms with Gasteiger partial charge >= 0.3 is 5.97 Å². The number of aromatic nitrogens is 2. The van der Waals surface area contributed by atoms with Gasteiger partial charge in [0.05, 0.1) is 12.8 Å². The minimum absolute atomic E-state index is 0.112. The van der Waals surface area contributed by atoms with Gasteiger partial charge in [0.15, 0.2) is 5.69 Å². The highest BCUT2D eigenvalue weighted by molar-refractivity contribution is 5.92. The summed E-state index contributed by atoms with van der Waals surface area (Å²) >= 11 is 0. The molecule has 7 heteroatoms. The van der Waals surface area contributed by atoms with Crippen LogP contribution in [-0.2, 0) is 4.79 Å². The largest absolute Gasteiger partial charge is 0.497 e. The first-order valence-corrected chi connectivity index (χ1v) is 7.72. The standard InChI is InChI=1S/C17H21N3O4/c1-12-11-15(17(23)18-10-4-3-5-16(21)22)19-20(12)13-6-8-14(24-2)9-7-13/h6-9,11H,3-5,10H2,1-2H3,(H,18,23)(H,21,22). The van der Waals surface area contributed by atoms with Crippen LogP contribution < -0.4 is 10.1 Å². The number of aryl methyl sites for hydroxylation is 1. The number of ether oxygens (including phenoxy) is 1. The number of amides is 1. The molecule has 0 aliphatic heterocycles. The van der Waals surface area contributed by atoms with Crippen LogP contribution in [0.3, 0.4) is 0 Å². The Kier molecular flexibility index (Phi) is 5.95. The van der Waals surface area contributed by atoms with Crippen molar-refractivity contribution in [3.63, 3.8) is 0 Å². The van der Waals surface area contributed by atoms with E-state index in [1.54, 1.807) is 17.9 Å². The Bertz CT molecular complexity index is 707. The quantitative estimate of drug-likeness (QED) is 0.723. The maximum absolute atomic E-state index is 12.1. The number of carboxylic acid groups (broad SMARTS) is 1. The van der Waals surface area contributed by atoms with Crippen molar-refractivity contribution in [3.05, 3.63) is 41.7 Å². The monoisotopic (exact) mass is 331 g/mol. The van der Waals surface area contributed by atoms with E-state index in [1.807, 2.05) is 31.2 Å². The summed E-state index contributed by atoms with van der Waals surface area (Å²) in [5, 5.41) is 15.7. The zero-order valence-electron chi connectivity index (χ0n) is 13.8. The predicted molar refractivity (Wildman–Crippen MR) is 88.7 cm³/mol. The minimum Gasteiger partial charge on any atom is -0.497 e. The van der Waals surface area contributed by atoms with Crippen LogP contribution in [-0.4, -0.2) is 40.4 Å². The second-order valence-corrected chi connectivity index (χ2v) is 5.39. The highest BCUT2D eigenvalue weighted by atomic mass is 16.5. The summed E-state index contributed by atoms with van der Waals surface area (Å²) in [6, 6.07) is 9.12. The number of carbonyl (C=O) groups excluding carboxylic acids is 1. The molecule has 0 fully saturated rings. The fourth-order valence-corrected chi connectivity index (χ4v) is 2.26. The van der Waals surface area contributed by atoms with Crippen molar-refractivity contribution >= 4 is 11.9 Å². The molecule has 1 heterocycles. The van der Waals surface area contributed by atoms with E-state index in [0.29, 0.717) is 25.1 Å². The molecule has 0 bridgehead atoms. The average Bonchev–Trinajstić information content (AvgIpc) is 2.96. The number of aliphatic carboxylic acids is 1. The van der Waals surface area contributed by atoms with E-state index in [0.717, 1.165) is 17.1 Å². The fourth-order valence-electron chi connectivity index (χ4n) is 2.26. The molecule has 7 nitrogen and oxygen atoms in total. The molecule has 0 atom stereocenters. The number of hydrogen-bond donors (Lipinski definition) is 2. The topological polar surface area (TPSA) is 93.5 Å². The third-order valence-corrected chi connectivity index (χ3v) is 3.54. The van der Waals surface area contributed by atoms with Crippen LogP contribution in [0, 0.1) is 6.92 Å². The van der Waals surface area contributed by atoms with Crippen molar-refractivity contribution in [3.8, 4) is 11.4 Å². The third kappa shape index (κ3) is 4.58. The lowest BCUT2D eigenvalue weighted by Gasteiger charge is -2.05. The molecular formula is C17H21N3O4. The Balaban J connectivity index is 1.97.